The van der Waals surface area contributed by atoms with Crippen LogP contribution in [0.2, 0.25) is 0 Å². The van der Waals surface area contributed by atoms with Gasteiger partial charge in [0.1, 0.15) is 17.8 Å². The number of imide groups is 1. The van der Waals surface area contributed by atoms with E-state index in [1.165, 1.54) is 31.2 Å². The van der Waals surface area contributed by atoms with Gasteiger partial charge in [0.25, 0.3) is 17.5 Å². The molecule has 0 aromatic heterocycles. The summed E-state index contributed by atoms with van der Waals surface area (Å²) in [6.07, 6.45) is 2.37. The summed E-state index contributed by atoms with van der Waals surface area (Å²) < 4.78 is 5.02. The zero-order chi connectivity index (χ0) is 21.9. The Morgan fingerprint density at radius 1 is 1.27 bits per heavy atom. The highest BCUT2D eigenvalue weighted by Gasteiger charge is 2.51. The fourth-order valence-electron chi connectivity index (χ4n) is 3.70. The molecular weight excluding hydrogens is 396 g/mol. The van der Waals surface area contributed by atoms with E-state index in [-0.39, 0.29) is 11.4 Å². The minimum atomic E-state index is -1.29. The molecule has 1 aliphatic carbocycles. The largest absolute Gasteiger partial charge is 0.451 e. The van der Waals surface area contributed by atoms with E-state index >= 15 is 0 Å². The van der Waals surface area contributed by atoms with Gasteiger partial charge in [-0.1, -0.05) is 31.4 Å². The number of carbonyl (C=O) groups is 4. The lowest BCUT2D eigenvalue weighted by molar-refractivity contribution is -0.383. The number of nitrogens with zero attached hydrogens (tertiary/aromatic N) is 2. The molecule has 0 radical (unpaired) electrons. The first-order valence-electron chi connectivity index (χ1n) is 9.61. The monoisotopic (exact) mass is 418 g/mol. The number of nitro benzene ring substituents is 1. The standard InChI is InChI=1S/C19H22N4O7/c1-12(16(25)20-13-7-3-4-8-14(13)23(28)29)30-15(24)11-22-17(26)19(21-18(22)27)9-5-2-6-10-19/h3-4,7-8,12H,2,5-6,9-11H2,1H3,(H,20,25)(H,21,27). The first-order valence-corrected chi connectivity index (χ1v) is 9.61. The topological polar surface area (TPSA) is 148 Å². The van der Waals surface area contributed by atoms with E-state index in [0.717, 1.165) is 24.2 Å². The third-order valence-corrected chi connectivity index (χ3v) is 5.28. The maximum Gasteiger partial charge on any atom is 0.327 e. The van der Waals surface area contributed by atoms with Crippen LogP contribution in [-0.4, -0.2) is 51.8 Å². The van der Waals surface area contributed by atoms with Crippen LogP contribution < -0.4 is 10.6 Å². The number of esters is 1. The number of nitrogens with one attached hydrogen (secondary N) is 2. The minimum Gasteiger partial charge on any atom is -0.451 e. The van der Waals surface area contributed by atoms with Crippen LogP contribution in [0.5, 0.6) is 0 Å². The summed E-state index contributed by atoms with van der Waals surface area (Å²) in [5.74, 6) is -2.17. The Hall–Kier alpha value is -3.50. The van der Waals surface area contributed by atoms with Crippen molar-refractivity contribution in [3.05, 3.63) is 34.4 Å². The predicted octanol–water partition coefficient (Wildman–Crippen LogP) is 1.72. The highest BCUT2D eigenvalue weighted by Crippen LogP contribution is 2.33. The average molecular weight is 418 g/mol. The molecule has 11 nitrogen and oxygen atoms in total. The van der Waals surface area contributed by atoms with Gasteiger partial charge < -0.3 is 15.4 Å². The number of para-hydroxylation sites is 2. The third kappa shape index (κ3) is 4.24. The van der Waals surface area contributed by atoms with Crippen molar-refractivity contribution >= 4 is 35.2 Å². The molecule has 3 rings (SSSR count). The molecule has 1 aromatic rings. The summed E-state index contributed by atoms with van der Waals surface area (Å²) >= 11 is 0. The summed E-state index contributed by atoms with van der Waals surface area (Å²) in [6, 6.07) is 4.88. The van der Waals surface area contributed by atoms with Crippen molar-refractivity contribution in [1.82, 2.24) is 10.2 Å². The van der Waals surface area contributed by atoms with Crippen LogP contribution in [0.3, 0.4) is 0 Å². The lowest BCUT2D eigenvalue weighted by atomic mass is 9.82. The zero-order valence-electron chi connectivity index (χ0n) is 16.4. The second kappa shape index (κ2) is 8.47. The molecule has 1 saturated carbocycles. The van der Waals surface area contributed by atoms with Crippen molar-refractivity contribution in [2.75, 3.05) is 11.9 Å². The van der Waals surface area contributed by atoms with E-state index in [2.05, 4.69) is 10.6 Å². The molecule has 2 fully saturated rings. The zero-order valence-corrected chi connectivity index (χ0v) is 16.4. The Kier molecular flexibility index (Phi) is 5.99. The number of rotatable bonds is 6. The summed E-state index contributed by atoms with van der Waals surface area (Å²) in [4.78, 5) is 60.5. The van der Waals surface area contributed by atoms with Gasteiger partial charge in [-0.15, -0.1) is 0 Å². The number of hydrogen-bond donors (Lipinski definition) is 2. The fourth-order valence-corrected chi connectivity index (χ4v) is 3.70. The van der Waals surface area contributed by atoms with Crippen molar-refractivity contribution in [3.8, 4) is 0 Å². The SMILES string of the molecule is CC(OC(=O)CN1C(=O)NC2(CCCCC2)C1=O)C(=O)Nc1ccccc1[N+](=O)[O-]. The summed E-state index contributed by atoms with van der Waals surface area (Å²) in [5.41, 5.74) is -1.30. The summed E-state index contributed by atoms with van der Waals surface area (Å²) in [7, 11) is 0. The second-order valence-electron chi connectivity index (χ2n) is 7.36. The predicted molar refractivity (Wildman–Crippen MR) is 103 cm³/mol. The van der Waals surface area contributed by atoms with Crippen molar-refractivity contribution in [2.45, 2.75) is 50.7 Å². The maximum absolute atomic E-state index is 12.7. The quantitative estimate of drug-likeness (QED) is 0.309. The third-order valence-electron chi connectivity index (χ3n) is 5.28. The molecular formula is C19H22N4O7. The Morgan fingerprint density at radius 2 is 1.93 bits per heavy atom. The molecule has 1 saturated heterocycles. The molecule has 1 unspecified atom stereocenters. The van der Waals surface area contributed by atoms with Gasteiger partial charge in [-0.25, -0.2) is 4.79 Å². The van der Waals surface area contributed by atoms with Crippen LogP contribution in [-0.2, 0) is 19.1 Å². The van der Waals surface area contributed by atoms with Crippen LogP contribution in [0, 0.1) is 10.1 Å². The Morgan fingerprint density at radius 3 is 2.60 bits per heavy atom. The molecule has 2 N–H and O–H groups in total. The first kappa shape index (κ1) is 21.2. The number of benzene rings is 1. The van der Waals surface area contributed by atoms with Crippen LogP contribution in [0.15, 0.2) is 24.3 Å². The van der Waals surface area contributed by atoms with Crippen molar-refractivity contribution < 1.29 is 28.8 Å². The van der Waals surface area contributed by atoms with Gasteiger partial charge in [-0.3, -0.25) is 29.4 Å². The molecule has 1 aliphatic heterocycles. The van der Waals surface area contributed by atoms with Gasteiger partial charge >= 0.3 is 12.0 Å². The van der Waals surface area contributed by atoms with Crippen molar-refractivity contribution in [1.29, 1.82) is 0 Å². The number of amides is 4. The van der Waals surface area contributed by atoms with Crippen LogP contribution >= 0.6 is 0 Å². The van der Waals surface area contributed by atoms with Crippen molar-refractivity contribution in [2.24, 2.45) is 0 Å². The van der Waals surface area contributed by atoms with Gasteiger partial charge in [0, 0.05) is 6.07 Å². The molecule has 4 amide bonds. The highest BCUT2D eigenvalue weighted by molar-refractivity contribution is 6.09. The maximum atomic E-state index is 12.7. The number of urea groups is 1. The highest BCUT2D eigenvalue weighted by atomic mass is 16.6. The van der Waals surface area contributed by atoms with Gasteiger partial charge in [-0.2, -0.15) is 0 Å². The molecule has 1 heterocycles. The van der Waals surface area contributed by atoms with E-state index in [4.69, 9.17) is 4.74 Å². The van der Waals surface area contributed by atoms with E-state index in [9.17, 15) is 29.3 Å². The average Bonchev–Trinajstić information content (AvgIpc) is 2.92. The number of ether oxygens (including phenoxy) is 1. The van der Waals surface area contributed by atoms with Crippen molar-refractivity contribution in [3.63, 3.8) is 0 Å². The van der Waals surface area contributed by atoms with Gasteiger partial charge in [0.15, 0.2) is 6.10 Å². The fraction of sp³-hybridized carbons (Fsp3) is 0.474. The molecule has 0 bridgehead atoms. The molecule has 160 valence electrons. The van der Waals surface area contributed by atoms with Crippen LogP contribution in [0.25, 0.3) is 0 Å². The van der Waals surface area contributed by atoms with Gasteiger partial charge in [0.05, 0.1) is 4.92 Å². The minimum absolute atomic E-state index is 0.0382. The van der Waals surface area contributed by atoms with E-state index in [0.29, 0.717) is 12.8 Å². The van der Waals surface area contributed by atoms with Crippen LogP contribution in [0.4, 0.5) is 16.2 Å². The lowest BCUT2D eigenvalue weighted by Gasteiger charge is -2.30. The number of hydrogen-bond acceptors (Lipinski definition) is 7. The number of nitro groups is 1. The number of anilines is 1. The molecule has 1 atom stereocenters. The number of carbonyl (C=O) groups excluding carboxylic acids is 4. The van der Waals surface area contributed by atoms with Crippen LogP contribution in [0.1, 0.15) is 39.0 Å². The summed E-state index contributed by atoms with van der Waals surface area (Å²) in [6.45, 7) is 0.673. The molecule has 2 aliphatic rings. The Labute approximate surface area is 171 Å². The summed E-state index contributed by atoms with van der Waals surface area (Å²) in [5, 5.41) is 16.1. The smallest absolute Gasteiger partial charge is 0.327 e. The normalized spacial score (nSPS) is 18.6. The van der Waals surface area contributed by atoms with E-state index in [1.54, 1.807) is 0 Å². The second-order valence-corrected chi connectivity index (χ2v) is 7.36. The Bertz CT molecular complexity index is 895. The lowest BCUT2D eigenvalue weighted by Crippen LogP contribution is -2.48. The van der Waals surface area contributed by atoms with Gasteiger partial charge in [-0.05, 0) is 25.8 Å². The molecule has 11 heteroatoms. The molecule has 1 aromatic carbocycles. The molecule has 1 spiro atoms. The first-order chi connectivity index (χ1) is 14.2. The van der Waals surface area contributed by atoms with E-state index in [1.807, 2.05) is 0 Å². The molecule has 30 heavy (non-hydrogen) atoms. The Balaban J connectivity index is 1.58. The van der Waals surface area contributed by atoms with E-state index < -0.39 is 46.9 Å². The van der Waals surface area contributed by atoms with Gasteiger partial charge in [0.2, 0.25) is 0 Å².